The van der Waals surface area contributed by atoms with Crippen LogP contribution in [0.15, 0.2) is 29.3 Å². The normalized spacial score (nSPS) is 10.9. The van der Waals surface area contributed by atoms with Crippen LogP contribution in [0.2, 0.25) is 5.02 Å². The number of rotatable bonds is 7. The van der Waals surface area contributed by atoms with Crippen molar-refractivity contribution in [3.63, 3.8) is 0 Å². The van der Waals surface area contributed by atoms with Gasteiger partial charge >= 0.3 is 0 Å². The molecule has 6 heteroatoms. The van der Waals surface area contributed by atoms with Gasteiger partial charge in [-0.15, -0.1) is 24.0 Å². The Morgan fingerprint density at radius 1 is 1.47 bits per heavy atom. The summed E-state index contributed by atoms with van der Waals surface area (Å²) in [5.41, 5.74) is 6.78. The molecule has 1 aromatic carbocycles. The summed E-state index contributed by atoms with van der Waals surface area (Å²) in [4.78, 5) is 4.24. The van der Waals surface area contributed by atoms with E-state index in [9.17, 15) is 0 Å². The van der Waals surface area contributed by atoms with Gasteiger partial charge in [0, 0.05) is 24.8 Å². The molecule has 0 aromatic heterocycles. The van der Waals surface area contributed by atoms with Crippen molar-refractivity contribution >= 4 is 41.5 Å². The fourth-order valence-corrected chi connectivity index (χ4v) is 1.62. The highest BCUT2D eigenvalue weighted by Crippen LogP contribution is 2.11. The van der Waals surface area contributed by atoms with Crippen LogP contribution in [0.1, 0.15) is 18.9 Å². The molecule has 19 heavy (non-hydrogen) atoms. The average Bonchev–Trinajstić information content (AvgIpc) is 2.36. The summed E-state index contributed by atoms with van der Waals surface area (Å²) in [5.74, 6) is 0.450. The Balaban J connectivity index is 0.00000324. The van der Waals surface area contributed by atoms with Gasteiger partial charge in [-0.3, -0.25) is 0 Å². The van der Waals surface area contributed by atoms with Crippen LogP contribution < -0.4 is 11.1 Å². The Labute approximate surface area is 136 Å². The first kappa shape index (κ1) is 18.5. The van der Waals surface area contributed by atoms with Gasteiger partial charge in [0.1, 0.15) is 0 Å². The summed E-state index contributed by atoms with van der Waals surface area (Å²) >= 11 is 5.88. The average molecular weight is 398 g/mol. The largest absolute Gasteiger partial charge is 0.382 e. The molecule has 0 saturated carbocycles. The standard InChI is InChI=1S/C13H20ClN3O.HI/c1-2-18-8-4-7-16-13(15)17-10-11-5-3-6-12(14)9-11;/h3,5-6,9H,2,4,7-8,10H2,1H3,(H3,15,16,17);1H. The molecule has 0 aliphatic rings. The van der Waals surface area contributed by atoms with Gasteiger partial charge in [-0.2, -0.15) is 0 Å². The Hall–Kier alpha value is -0.530. The third kappa shape index (κ3) is 9.07. The van der Waals surface area contributed by atoms with E-state index in [2.05, 4.69) is 10.3 Å². The minimum absolute atomic E-state index is 0. The molecule has 0 spiro atoms. The molecule has 0 aliphatic heterocycles. The van der Waals surface area contributed by atoms with Crippen LogP contribution >= 0.6 is 35.6 Å². The highest BCUT2D eigenvalue weighted by molar-refractivity contribution is 14.0. The van der Waals surface area contributed by atoms with Crippen LogP contribution in [0.4, 0.5) is 0 Å². The SMILES string of the molecule is CCOCCCNC(N)=NCc1cccc(Cl)c1.I. The van der Waals surface area contributed by atoms with Crippen molar-refractivity contribution in [2.75, 3.05) is 19.8 Å². The summed E-state index contributed by atoms with van der Waals surface area (Å²) in [6.07, 6.45) is 0.918. The quantitative estimate of drug-likeness (QED) is 0.322. The minimum atomic E-state index is 0. The van der Waals surface area contributed by atoms with E-state index in [0.717, 1.165) is 31.7 Å². The monoisotopic (exact) mass is 397 g/mol. The summed E-state index contributed by atoms with van der Waals surface area (Å²) in [7, 11) is 0. The Morgan fingerprint density at radius 2 is 2.26 bits per heavy atom. The third-order valence-corrected chi connectivity index (χ3v) is 2.53. The van der Waals surface area contributed by atoms with E-state index in [1.54, 1.807) is 0 Å². The van der Waals surface area contributed by atoms with Crippen LogP contribution in [-0.2, 0) is 11.3 Å². The van der Waals surface area contributed by atoms with Gasteiger partial charge in [-0.1, -0.05) is 23.7 Å². The zero-order chi connectivity index (χ0) is 13.2. The lowest BCUT2D eigenvalue weighted by molar-refractivity contribution is 0.145. The summed E-state index contributed by atoms with van der Waals surface area (Å²) in [5, 5.41) is 3.76. The number of nitrogens with two attached hydrogens (primary N) is 1. The summed E-state index contributed by atoms with van der Waals surface area (Å²) in [6.45, 7) is 4.77. The number of ether oxygens (including phenoxy) is 1. The first-order valence-corrected chi connectivity index (χ1v) is 6.46. The van der Waals surface area contributed by atoms with Gasteiger partial charge in [-0.25, -0.2) is 4.99 Å². The van der Waals surface area contributed by atoms with E-state index >= 15 is 0 Å². The summed E-state index contributed by atoms with van der Waals surface area (Å²) < 4.78 is 5.22. The van der Waals surface area contributed by atoms with Crippen LogP contribution in [0.3, 0.4) is 0 Å². The highest BCUT2D eigenvalue weighted by Gasteiger charge is 1.95. The van der Waals surface area contributed by atoms with E-state index in [-0.39, 0.29) is 24.0 Å². The molecule has 4 nitrogen and oxygen atoms in total. The molecule has 1 rings (SSSR count). The smallest absolute Gasteiger partial charge is 0.188 e. The van der Waals surface area contributed by atoms with Crippen LogP contribution in [0.5, 0.6) is 0 Å². The molecule has 3 N–H and O–H groups in total. The van der Waals surface area contributed by atoms with E-state index in [1.807, 2.05) is 31.2 Å². The van der Waals surface area contributed by atoms with E-state index in [1.165, 1.54) is 0 Å². The van der Waals surface area contributed by atoms with Crippen molar-refractivity contribution in [2.24, 2.45) is 10.7 Å². The Bertz CT molecular complexity index is 388. The van der Waals surface area contributed by atoms with Gasteiger partial charge in [0.05, 0.1) is 6.54 Å². The number of hydrogen-bond donors (Lipinski definition) is 2. The van der Waals surface area contributed by atoms with Crippen LogP contribution in [0, 0.1) is 0 Å². The minimum Gasteiger partial charge on any atom is -0.382 e. The third-order valence-electron chi connectivity index (χ3n) is 2.30. The van der Waals surface area contributed by atoms with Crippen molar-refractivity contribution in [1.82, 2.24) is 5.32 Å². The van der Waals surface area contributed by atoms with Crippen molar-refractivity contribution in [3.05, 3.63) is 34.9 Å². The molecular formula is C13H21ClIN3O. The lowest BCUT2D eigenvalue weighted by atomic mass is 10.2. The van der Waals surface area contributed by atoms with Crippen molar-refractivity contribution < 1.29 is 4.74 Å². The molecule has 0 unspecified atom stereocenters. The Kier molecular flexibility index (Phi) is 11.0. The number of nitrogens with zero attached hydrogens (tertiary/aromatic N) is 1. The lowest BCUT2D eigenvalue weighted by Crippen LogP contribution is -2.32. The van der Waals surface area contributed by atoms with Crippen LogP contribution in [-0.4, -0.2) is 25.7 Å². The van der Waals surface area contributed by atoms with Crippen LogP contribution in [0.25, 0.3) is 0 Å². The zero-order valence-electron chi connectivity index (χ0n) is 11.1. The predicted octanol–water partition coefficient (Wildman–Crippen LogP) is 2.79. The second-order valence-electron chi connectivity index (χ2n) is 3.81. The first-order chi connectivity index (χ1) is 8.72. The van der Waals surface area contributed by atoms with Gasteiger partial charge in [0.2, 0.25) is 0 Å². The number of hydrogen-bond acceptors (Lipinski definition) is 2. The molecule has 0 amide bonds. The Morgan fingerprint density at radius 3 is 2.95 bits per heavy atom. The molecule has 0 bridgehead atoms. The second-order valence-corrected chi connectivity index (χ2v) is 4.25. The van der Waals surface area contributed by atoms with Gasteiger partial charge in [0.15, 0.2) is 5.96 Å². The maximum absolute atomic E-state index is 5.88. The maximum atomic E-state index is 5.88. The topological polar surface area (TPSA) is 59.6 Å². The highest BCUT2D eigenvalue weighted by atomic mass is 127. The summed E-state index contributed by atoms with van der Waals surface area (Å²) in [6, 6.07) is 7.59. The molecule has 108 valence electrons. The number of nitrogens with one attached hydrogen (secondary N) is 1. The molecule has 1 aromatic rings. The number of benzene rings is 1. The molecule has 0 radical (unpaired) electrons. The second kappa shape index (κ2) is 11.3. The van der Waals surface area contributed by atoms with Crippen molar-refractivity contribution in [2.45, 2.75) is 19.9 Å². The number of aliphatic imine (C=N–C) groups is 1. The predicted molar refractivity (Wildman–Crippen MR) is 91.3 cm³/mol. The maximum Gasteiger partial charge on any atom is 0.188 e. The van der Waals surface area contributed by atoms with E-state index in [0.29, 0.717) is 17.5 Å². The molecule has 0 aliphatic carbocycles. The van der Waals surface area contributed by atoms with E-state index < -0.39 is 0 Å². The molecular weight excluding hydrogens is 377 g/mol. The van der Waals surface area contributed by atoms with Gasteiger partial charge in [-0.05, 0) is 31.0 Å². The zero-order valence-corrected chi connectivity index (χ0v) is 14.2. The van der Waals surface area contributed by atoms with Crippen molar-refractivity contribution in [1.29, 1.82) is 0 Å². The molecule has 0 fully saturated rings. The molecule has 0 heterocycles. The van der Waals surface area contributed by atoms with Crippen molar-refractivity contribution in [3.8, 4) is 0 Å². The molecule has 0 atom stereocenters. The van der Waals surface area contributed by atoms with Gasteiger partial charge in [0.25, 0.3) is 0 Å². The first-order valence-electron chi connectivity index (χ1n) is 6.08. The fraction of sp³-hybridized carbons (Fsp3) is 0.462. The number of guanidine groups is 1. The lowest BCUT2D eigenvalue weighted by Gasteiger charge is -2.05. The molecule has 0 saturated heterocycles. The number of halogens is 2. The van der Waals surface area contributed by atoms with Gasteiger partial charge < -0.3 is 15.8 Å². The van der Waals surface area contributed by atoms with E-state index in [4.69, 9.17) is 22.1 Å². The fourth-order valence-electron chi connectivity index (χ4n) is 1.40.